The van der Waals surface area contributed by atoms with Crippen molar-refractivity contribution < 1.29 is 18.8 Å². The Balaban J connectivity index is 1.72. The topological polar surface area (TPSA) is 48.0 Å². The summed E-state index contributed by atoms with van der Waals surface area (Å²) in [4.78, 5) is 14.8. The lowest BCUT2D eigenvalue weighted by Crippen LogP contribution is -2.43. The van der Waals surface area contributed by atoms with E-state index < -0.39 is 23.9 Å². The van der Waals surface area contributed by atoms with Crippen molar-refractivity contribution in [3.63, 3.8) is 0 Å². The number of ether oxygens (including phenoxy) is 1. The Morgan fingerprint density at radius 3 is 2.26 bits per heavy atom. The fraction of sp³-hybridized carbons (Fsp3) is 0.500. The Morgan fingerprint density at radius 1 is 1.03 bits per heavy atom. The van der Waals surface area contributed by atoms with Gasteiger partial charge in [0, 0.05) is 19.0 Å². The number of nitrogens with zero attached hydrogens (tertiary/aromatic N) is 1. The predicted octanol–water partition coefficient (Wildman–Crippen LogP) is 6.18. The van der Waals surface area contributed by atoms with E-state index >= 15 is 0 Å². The van der Waals surface area contributed by atoms with Crippen molar-refractivity contribution in [2.24, 2.45) is 0 Å². The third-order valence-corrected chi connectivity index (χ3v) is 7.57. The van der Waals surface area contributed by atoms with E-state index in [9.17, 15) is 4.79 Å². The molecule has 2 aliphatic heterocycles. The lowest BCUT2D eigenvalue weighted by molar-refractivity contribution is 0.00578. The van der Waals surface area contributed by atoms with Gasteiger partial charge < -0.3 is 18.9 Å². The number of hydrogen-bond acceptors (Lipinski definition) is 4. The number of carbonyl (C=O) groups excluding carboxylic acids is 1. The SMILES string of the molecule is CC(C)(C)OC(=O)N1Cc2cc(B3OC(C)(C)C(C)(C)O3)ccc2C(c2ccc(Cl)c(Cl)c2)C1. The van der Waals surface area contributed by atoms with Gasteiger partial charge in [-0.3, -0.25) is 0 Å². The second-order valence-corrected chi connectivity index (χ2v) is 11.9. The van der Waals surface area contributed by atoms with Gasteiger partial charge in [-0.15, -0.1) is 0 Å². The molecule has 2 aromatic carbocycles. The van der Waals surface area contributed by atoms with Crippen molar-refractivity contribution in [1.82, 2.24) is 4.90 Å². The molecule has 0 radical (unpaired) electrons. The van der Waals surface area contributed by atoms with Crippen molar-refractivity contribution >= 4 is 41.9 Å². The summed E-state index contributed by atoms with van der Waals surface area (Å²) < 4.78 is 18.2. The van der Waals surface area contributed by atoms with E-state index in [1.165, 1.54) is 0 Å². The monoisotopic (exact) mass is 503 g/mol. The van der Waals surface area contributed by atoms with Crippen molar-refractivity contribution in [3.8, 4) is 0 Å². The highest BCUT2D eigenvalue weighted by Crippen LogP contribution is 2.39. The van der Waals surface area contributed by atoms with Crippen LogP contribution in [-0.2, 0) is 20.6 Å². The van der Waals surface area contributed by atoms with Crippen LogP contribution in [0.5, 0.6) is 0 Å². The molecule has 2 aromatic rings. The lowest BCUT2D eigenvalue weighted by atomic mass is 9.75. The normalized spacial score (nSPS) is 21.4. The lowest BCUT2D eigenvalue weighted by Gasteiger charge is -2.36. The van der Waals surface area contributed by atoms with Gasteiger partial charge in [0.25, 0.3) is 0 Å². The van der Waals surface area contributed by atoms with Crippen molar-refractivity contribution in [2.75, 3.05) is 6.54 Å². The number of hydrogen-bond donors (Lipinski definition) is 0. The summed E-state index contributed by atoms with van der Waals surface area (Å²) in [6, 6.07) is 11.9. The molecule has 1 saturated heterocycles. The third-order valence-electron chi connectivity index (χ3n) is 6.83. The molecule has 5 nitrogen and oxygen atoms in total. The minimum atomic E-state index is -0.582. The van der Waals surface area contributed by atoms with Crippen molar-refractivity contribution in [1.29, 1.82) is 0 Å². The molecule has 0 aromatic heterocycles. The van der Waals surface area contributed by atoms with Gasteiger partial charge in [0.15, 0.2) is 0 Å². The van der Waals surface area contributed by atoms with Gasteiger partial charge in [-0.1, -0.05) is 47.5 Å². The number of amides is 1. The molecule has 0 saturated carbocycles. The molecule has 8 heteroatoms. The van der Waals surface area contributed by atoms with Gasteiger partial charge in [-0.25, -0.2) is 4.79 Å². The van der Waals surface area contributed by atoms with E-state index in [0.29, 0.717) is 23.1 Å². The van der Waals surface area contributed by atoms with E-state index in [0.717, 1.165) is 22.2 Å². The van der Waals surface area contributed by atoms with Gasteiger partial charge in [0.1, 0.15) is 5.60 Å². The third kappa shape index (κ3) is 4.97. The Morgan fingerprint density at radius 2 is 1.68 bits per heavy atom. The molecule has 1 fully saturated rings. The number of benzene rings is 2. The van der Waals surface area contributed by atoms with Crippen LogP contribution in [0, 0.1) is 0 Å². The maximum Gasteiger partial charge on any atom is 0.494 e. The molecule has 2 heterocycles. The summed E-state index contributed by atoms with van der Waals surface area (Å²) in [6.45, 7) is 14.7. The quantitative estimate of drug-likeness (QED) is 0.459. The first-order valence-corrected chi connectivity index (χ1v) is 12.3. The maximum atomic E-state index is 13.0. The molecule has 0 spiro atoms. The van der Waals surface area contributed by atoms with E-state index in [-0.39, 0.29) is 12.0 Å². The Kier molecular flexibility index (Phi) is 6.52. The van der Waals surface area contributed by atoms with Crippen LogP contribution in [0.1, 0.15) is 71.1 Å². The molecule has 1 amide bonds. The van der Waals surface area contributed by atoms with Gasteiger partial charge in [-0.05, 0) is 82.8 Å². The summed E-state index contributed by atoms with van der Waals surface area (Å²) in [5.74, 6) is -0.0709. The number of halogens is 2. The zero-order valence-corrected chi connectivity index (χ0v) is 22.4. The molecule has 4 rings (SSSR count). The highest BCUT2D eigenvalue weighted by Gasteiger charge is 2.52. The van der Waals surface area contributed by atoms with Gasteiger partial charge >= 0.3 is 13.2 Å². The molecule has 34 heavy (non-hydrogen) atoms. The standard InChI is InChI=1S/C26H32BCl2NO4/c1-24(2,3)32-23(31)30-14-17-12-18(27-33-25(4,5)26(6,7)34-27)9-10-19(17)20(15-30)16-8-11-21(28)22(29)13-16/h8-13,20H,14-15H2,1-7H3. The Labute approximate surface area is 212 Å². The summed E-state index contributed by atoms with van der Waals surface area (Å²) in [6.07, 6.45) is -0.343. The van der Waals surface area contributed by atoms with E-state index in [2.05, 4.69) is 18.2 Å². The average molecular weight is 504 g/mol. The second-order valence-electron chi connectivity index (χ2n) is 11.1. The first-order valence-electron chi connectivity index (χ1n) is 11.6. The van der Waals surface area contributed by atoms with Crippen LogP contribution in [-0.4, -0.2) is 41.5 Å². The van der Waals surface area contributed by atoms with Gasteiger partial charge in [0.2, 0.25) is 0 Å². The molecule has 0 N–H and O–H groups in total. The average Bonchev–Trinajstić information content (AvgIpc) is 2.94. The molecule has 2 aliphatic rings. The summed E-state index contributed by atoms with van der Waals surface area (Å²) in [5.41, 5.74) is 2.64. The van der Waals surface area contributed by atoms with Crippen LogP contribution in [0.25, 0.3) is 0 Å². The zero-order chi connectivity index (χ0) is 25.1. The first-order chi connectivity index (χ1) is 15.7. The van der Waals surface area contributed by atoms with Crippen molar-refractivity contribution in [3.05, 3.63) is 63.1 Å². The van der Waals surface area contributed by atoms with Crippen LogP contribution < -0.4 is 5.46 Å². The van der Waals surface area contributed by atoms with Crippen molar-refractivity contribution in [2.45, 2.75) is 77.7 Å². The Hall–Kier alpha value is -1.73. The highest BCUT2D eigenvalue weighted by atomic mass is 35.5. The molecular weight excluding hydrogens is 472 g/mol. The van der Waals surface area contributed by atoms with Crippen LogP contribution in [0.4, 0.5) is 4.79 Å². The van der Waals surface area contributed by atoms with E-state index in [1.54, 1.807) is 11.0 Å². The van der Waals surface area contributed by atoms with Gasteiger partial charge in [0.05, 0.1) is 21.2 Å². The van der Waals surface area contributed by atoms with E-state index in [4.69, 9.17) is 37.2 Å². The molecule has 0 bridgehead atoms. The molecule has 1 unspecified atom stereocenters. The summed E-state index contributed by atoms with van der Waals surface area (Å²) >= 11 is 12.5. The number of rotatable bonds is 2. The summed E-state index contributed by atoms with van der Waals surface area (Å²) in [7, 11) is -0.476. The smallest absolute Gasteiger partial charge is 0.444 e. The number of fused-ring (bicyclic) bond motifs is 1. The number of carbonyl (C=O) groups is 1. The minimum Gasteiger partial charge on any atom is -0.444 e. The zero-order valence-electron chi connectivity index (χ0n) is 20.9. The fourth-order valence-corrected chi connectivity index (χ4v) is 4.60. The highest BCUT2D eigenvalue weighted by molar-refractivity contribution is 6.62. The predicted molar refractivity (Wildman–Crippen MR) is 137 cm³/mol. The molecule has 1 atom stereocenters. The van der Waals surface area contributed by atoms with Crippen LogP contribution in [0.2, 0.25) is 10.0 Å². The van der Waals surface area contributed by atoms with Gasteiger partial charge in [-0.2, -0.15) is 0 Å². The molecule has 0 aliphatic carbocycles. The van der Waals surface area contributed by atoms with Crippen LogP contribution in [0.15, 0.2) is 36.4 Å². The second kappa shape index (κ2) is 8.74. The van der Waals surface area contributed by atoms with Crippen LogP contribution in [0.3, 0.4) is 0 Å². The molecular formula is C26H32BCl2NO4. The summed E-state index contributed by atoms with van der Waals surface area (Å²) in [5, 5.41) is 0.991. The first kappa shape index (κ1) is 25.4. The largest absolute Gasteiger partial charge is 0.494 e. The maximum absolute atomic E-state index is 13.0. The van der Waals surface area contributed by atoms with Crippen LogP contribution >= 0.6 is 23.2 Å². The molecule has 182 valence electrons. The van der Waals surface area contributed by atoms with E-state index in [1.807, 2.05) is 60.6 Å². The fourth-order valence-electron chi connectivity index (χ4n) is 4.30. The minimum absolute atomic E-state index is 0.0709. The Bertz CT molecular complexity index is 1100.